The molecule has 16 heavy (non-hydrogen) atoms. The molecule has 0 fully saturated rings. The van der Waals surface area contributed by atoms with Crippen molar-refractivity contribution in [1.82, 2.24) is 0 Å². The van der Waals surface area contributed by atoms with E-state index in [9.17, 15) is 4.79 Å². The number of carboxylic acids is 1. The number of hydrogen-bond donors (Lipinski definition) is 2. The van der Waals surface area contributed by atoms with Gasteiger partial charge in [-0.25, -0.2) is 4.79 Å². The van der Waals surface area contributed by atoms with E-state index in [0.717, 1.165) is 12.0 Å². The maximum atomic E-state index is 10.6. The Hall–Kier alpha value is -1.06. The highest BCUT2D eigenvalue weighted by atomic mass is 35.5. The monoisotopic (exact) mass is 243 g/mol. The first-order valence-corrected chi connectivity index (χ1v) is 5.15. The second-order valence-corrected chi connectivity index (χ2v) is 3.84. The number of carboxylic acid groups (broad SMARTS) is 1. The fourth-order valence-corrected chi connectivity index (χ4v) is 1.43. The first kappa shape index (κ1) is 14.9. The molecule has 0 saturated heterocycles. The Kier molecular flexibility index (Phi) is 6.08. The van der Waals surface area contributed by atoms with Crippen molar-refractivity contribution in [2.75, 3.05) is 0 Å². The minimum absolute atomic E-state index is 0. The van der Waals surface area contributed by atoms with Crippen molar-refractivity contribution in [3.63, 3.8) is 0 Å². The van der Waals surface area contributed by atoms with Crippen LogP contribution in [0.25, 0.3) is 0 Å². The van der Waals surface area contributed by atoms with E-state index in [1.165, 1.54) is 0 Å². The molecule has 3 nitrogen and oxygen atoms in total. The lowest BCUT2D eigenvalue weighted by atomic mass is 9.93. The number of aromatic carboxylic acids is 1. The molecule has 90 valence electrons. The molecule has 0 heterocycles. The number of nitrogens with two attached hydrogens (primary N) is 1. The SMILES string of the molecule is CCC(C)[C@H](N)c1ccc(C(=O)O)cc1.Cl. The third kappa shape index (κ3) is 3.51. The summed E-state index contributed by atoms with van der Waals surface area (Å²) >= 11 is 0. The Labute approximate surface area is 102 Å². The van der Waals surface area contributed by atoms with Crippen LogP contribution in [0, 0.1) is 5.92 Å². The molecule has 2 atom stereocenters. The maximum Gasteiger partial charge on any atom is 0.335 e. The first-order chi connectivity index (χ1) is 7.06. The van der Waals surface area contributed by atoms with E-state index in [2.05, 4.69) is 13.8 Å². The van der Waals surface area contributed by atoms with Crippen LogP contribution in [0.2, 0.25) is 0 Å². The van der Waals surface area contributed by atoms with Crippen LogP contribution in [0.1, 0.15) is 42.2 Å². The summed E-state index contributed by atoms with van der Waals surface area (Å²) in [6.45, 7) is 4.19. The van der Waals surface area contributed by atoms with E-state index in [1.807, 2.05) is 0 Å². The van der Waals surface area contributed by atoms with Gasteiger partial charge >= 0.3 is 5.97 Å². The van der Waals surface area contributed by atoms with Crippen LogP contribution in [0.5, 0.6) is 0 Å². The van der Waals surface area contributed by atoms with Gasteiger partial charge in [-0.1, -0.05) is 32.4 Å². The van der Waals surface area contributed by atoms with Gasteiger partial charge in [-0.05, 0) is 23.6 Å². The molecule has 0 bridgehead atoms. The van der Waals surface area contributed by atoms with Crippen LogP contribution in [0.4, 0.5) is 0 Å². The lowest BCUT2D eigenvalue weighted by Crippen LogP contribution is -2.18. The molecule has 1 unspecified atom stereocenters. The van der Waals surface area contributed by atoms with Crippen LogP contribution in [0.3, 0.4) is 0 Å². The van der Waals surface area contributed by atoms with Gasteiger partial charge in [0.1, 0.15) is 0 Å². The van der Waals surface area contributed by atoms with Crippen molar-refractivity contribution in [1.29, 1.82) is 0 Å². The summed E-state index contributed by atoms with van der Waals surface area (Å²) in [5, 5.41) is 8.74. The summed E-state index contributed by atoms with van der Waals surface area (Å²) in [4.78, 5) is 10.6. The Morgan fingerprint density at radius 3 is 2.25 bits per heavy atom. The van der Waals surface area contributed by atoms with Crippen molar-refractivity contribution >= 4 is 18.4 Å². The van der Waals surface area contributed by atoms with Gasteiger partial charge in [0.05, 0.1) is 5.56 Å². The van der Waals surface area contributed by atoms with Gasteiger partial charge in [0, 0.05) is 6.04 Å². The largest absolute Gasteiger partial charge is 0.478 e. The van der Waals surface area contributed by atoms with Crippen molar-refractivity contribution in [3.05, 3.63) is 35.4 Å². The predicted molar refractivity (Wildman–Crippen MR) is 67.0 cm³/mol. The molecule has 0 aliphatic rings. The molecular formula is C12H18ClNO2. The summed E-state index contributed by atoms with van der Waals surface area (Å²) < 4.78 is 0. The molecule has 0 saturated carbocycles. The van der Waals surface area contributed by atoms with Crippen molar-refractivity contribution in [2.24, 2.45) is 11.7 Å². The van der Waals surface area contributed by atoms with Crippen LogP contribution >= 0.6 is 12.4 Å². The summed E-state index contributed by atoms with van der Waals surface area (Å²) in [7, 11) is 0. The molecule has 1 aromatic rings. The van der Waals surface area contributed by atoms with Crippen molar-refractivity contribution in [3.8, 4) is 0 Å². The standard InChI is InChI=1S/C12H17NO2.ClH/c1-3-8(2)11(13)9-4-6-10(7-5-9)12(14)15;/h4-8,11H,3,13H2,1-2H3,(H,14,15);1H/t8?,11-;/m0./s1. The lowest BCUT2D eigenvalue weighted by molar-refractivity contribution is 0.0697. The van der Waals surface area contributed by atoms with Crippen LogP contribution in [-0.4, -0.2) is 11.1 Å². The summed E-state index contributed by atoms with van der Waals surface area (Å²) in [6, 6.07) is 6.76. The molecule has 1 rings (SSSR count). The van der Waals surface area contributed by atoms with E-state index < -0.39 is 5.97 Å². The lowest BCUT2D eigenvalue weighted by Gasteiger charge is -2.18. The third-order valence-corrected chi connectivity index (χ3v) is 2.80. The number of halogens is 1. The normalized spacial score (nSPS) is 13.7. The van der Waals surface area contributed by atoms with E-state index in [1.54, 1.807) is 24.3 Å². The highest BCUT2D eigenvalue weighted by molar-refractivity contribution is 5.87. The van der Waals surface area contributed by atoms with Gasteiger partial charge in [0.15, 0.2) is 0 Å². The summed E-state index contributed by atoms with van der Waals surface area (Å²) in [5.74, 6) is -0.501. The third-order valence-electron chi connectivity index (χ3n) is 2.80. The first-order valence-electron chi connectivity index (χ1n) is 5.15. The summed E-state index contributed by atoms with van der Waals surface area (Å²) in [5.41, 5.74) is 7.32. The van der Waals surface area contributed by atoms with Crippen molar-refractivity contribution < 1.29 is 9.90 Å². The zero-order chi connectivity index (χ0) is 11.4. The fourth-order valence-electron chi connectivity index (χ4n) is 1.43. The van der Waals surface area contributed by atoms with Gasteiger partial charge in [0.25, 0.3) is 0 Å². The number of rotatable bonds is 4. The molecule has 4 heteroatoms. The molecule has 0 radical (unpaired) electrons. The average Bonchev–Trinajstić information content (AvgIpc) is 2.27. The van der Waals surface area contributed by atoms with Gasteiger partial charge in [0.2, 0.25) is 0 Å². The second kappa shape index (κ2) is 6.51. The van der Waals surface area contributed by atoms with Gasteiger partial charge < -0.3 is 10.8 Å². The molecule has 0 amide bonds. The van der Waals surface area contributed by atoms with Gasteiger partial charge in [-0.3, -0.25) is 0 Å². The van der Waals surface area contributed by atoms with Crippen LogP contribution in [0.15, 0.2) is 24.3 Å². The zero-order valence-corrected chi connectivity index (χ0v) is 10.3. The topological polar surface area (TPSA) is 63.3 Å². The second-order valence-electron chi connectivity index (χ2n) is 3.84. The molecular weight excluding hydrogens is 226 g/mol. The van der Waals surface area contributed by atoms with E-state index in [4.69, 9.17) is 10.8 Å². The summed E-state index contributed by atoms with van der Waals surface area (Å²) in [6.07, 6.45) is 1.02. The number of benzene rings is 1. The molecule has 0 spiro atoms. The highest BCUT2D eigenvalue weighted by Gasteiger charge is 2.13. The van der Waals surface area contributed by atoms with E-state index >= 15 is 0 Å². The fraction of sp³-hybridized carbons (Fsp3) is 0.417. The minimum atomic E-state index is -0.904. The van der Waals surface area contributed by atoms with E-state index in [0.29, 0.717) is 11.5 Å². The molecule has 3 N–H and O–H groups in total. The number of hydrogen-bond acceptors (Lipinski definition) is 2. The minimum Gasteiger partial charge on any atom is -0.478 e. The maximum absolute atomic E-state index is 10.6. The van der Waals surface area contributed by atoms with Gasteiger partial charge in [-0.2, -0.15) is 0 Å². The van der Waals surface area contributed by atoms with Gasteiger partial charge in [-0.15, -0.1) is 12.4 Å². The predicted octanol–water partition coefficient (Wildman–Crippen LogP) is 2.85. The zero-order valence-electron chi connectivity index (χ0n) is 9.51. The Morgan fingerprint density at radius 1 is 1.38 bits per heavy atom. The molecule has 0 aliphatic heterocycles. The van der Waals surface area contributed by atoms with Crippen molar-refractivity contribution in [2.45, 2.75) is 26.3 Å². The molecule has 1 aromatic carbocycles. The van der Waals surface area contributed by atoms with Crippen LogP contribution in [-0.2, 0) is 0 Å². The Morgan fingerprint density at radius 2 is 1.88 bits per heavy atom. The quantitative estimate of drug-likeness (QED) is 0.855. The molecule has 0 aliphatic carbocycles. The highest BCUT2D eigenvalue weighted by Crippen LogP contribution is 2.21. The van der Waals surface area contributed by atoms with E-state index in [-0.39, 0.29) is 18.4 Å². The number of carbonyl (C=O) groups is 1. The average molecular weight is 244 g/mol. The Bertz CT molecular complexity index is 337. The van der Waals surface area contributed by atoms with Crippen LogP contribution < -0.4 is 5.73 Å². The molecule has 0 aromatic heterocycles. The Balaban J connectivity index is 0.00000225. The smallest absolute Gasteiger partial charge is 0.335 e.